The van der Waals surface area contributed by atoms with Gasteiger partial charge in [0.05, 0.1) is 21.8 Å². The molecule has 1 saturated heterocycles. The number of ether oxygens (including phenoxy) is 1. The highest BCUT2D eigenvalue weighted by Gasteiger charge is 2.26. The molecule has 0 saturated carbocycles. The third-order valence-corrected chi connectivity index (χ3v) is 6.46. The third kappa shape index (κ3) is 4.53. The summed E-state index contributed by atoms with van der Waals surface area (Å²) in [5, 5.41) is 1.17. The summed E-state index contributed by atoms with van der Waals surface area (Å²) in [6.45, 7) is 4.28. The number of carbonyl (C=O) groups excluding carboxylic acids is 1. The lowest BCUT2D eigenvalue weighted by atomic mass is 9.98. The van der Waals surface area contributed by atoms with Gasteiger partial charge in [0.15, 0.2) is 0 Å². The van der Waals surface area contributed by atoms with E-state index in [4.69, 9.17) is 9.72 Å². The van der Waals surface area contributed by atoms with Gasteiger partial charge in [-0.15, -0.1) is 11.3 Å². The molecule has 0 unspecified atom stereocenters. The maximum absolute atomic E-state index is 12.7. The van der Waals surface area contributed by atoms with E-state index in [2.05, 4.69) is 25.1 Å². The van der Waals surface area contributed by atoms with Gasteiger partial charge in [-0.1, -0.05) is 29.8 Å². The summed E-state index contributed by atoms with van der Waals surface area (Å²) < 4.78 is 6.97. The fraction of sp³-hybridized carbons (Fsp3) is 0.391. The Labute approximate surface area is 170 Å². The molecule has 5 heteroatoms. The van der Waals surface area contributed by atoms with Crippen molar-refractivity contribution in [2.45, 2.75) is 38.5 Å². The van der Waals surface area contributed by atoms with Gasteiger partial charge in [-0.05, 0) is 50.5 Å². The Balaban J connectivity index is 1.27. The smallest absolute Gasteiger partial charge is 0.222 e. The number of likely N-dealkylation sites (tertiary alicyclic amines) is 1. The predicted octanol–water partition coefficient (Wildman–Crippen LogP) is 5.17. The Bertz CT molecular complexity index is 902. The summed E-state index contributed by atoms with van der Waals surface area (Å²) in [4.78, 5) is 19.5. The molecule has 1 aromatic heterocycles. The molecule has 0 bridgehead atoms. The lowest BCUT2D eigenvalue weighted by molar-refractivity contribution is -0.132. The highest BCUT2D eigenvalue weighted by molar-refractivity contribution is 7.18. The van der Waals surface area contributed by atoms with Crippen molar-refractivity contribution in [2.24, 2.45) is 0 Å². The maximum atomic E-state index is 12.7. The molecule has 1 amide bonds. The Hall–Kier alpha value is -2.40. The summed E-state index contributed by atoms with van der Waals surface area (Å²) in [5.74, 6) is 1.46. The zero-order valence-corrected chi connectivity index (χ0v) is 17.1. The number of aryl methyl sites for hydroxylation is 1. The van der Waals surface area contributed by atoms with Crippen LogP contribution in [0.1, 0.15) is 42.2 Å². The molecule has 2 aromatic carbocycles. The van der Waals surface area contributed by atoms with Crippen LogP contribution in [-0.4, -0.2) is 35.5 Å². The minimum Gasteiger partial charge on any atom is -0.494 e. The van der Waals surface area contributed by atoms with Crippen LogP contribution < -0.4 is 4.74 Å². The first kappa shape index (κ1) is 18.9. The van der Waals surface area contributed by atoms with Crippen molar-refractivity contribution in [2.75, 3.05) is 19.7 Å². The number of amides is 1. The molecule has 1 atom stereocenters. The minimum atomic E-state index is 0.235. The van der Waals surface area contributed by atoms with Crippen LogP contribution in [0.3, 0.4) is 0 Å². The van der Waals surface area contributed by atoms with Crippen molar-refractivity contribution in [3.05, 3.63) is 59.1 Å². The van der Waals surface area contributed by atoms with Crippen LogP contribution >= 0.6 is 11.3 Å². The number of hydrogen-bond acceptors (Lipinski definition) is 4. The number of benzene rings is 2. The maximum Gasteiger partial charge on any atom is 0.222 e. The third-order valence-electron chi connectivity index (χ3n) is 5.26. The van der Waals surface area contributed by atoms with E-state index in [-0.39, 0.29) is 5.91 Å². The summed E-state index contributed by atoms with van der Waals surface area (Å²) in [7, 11) is 0. The van der Waals surface area contributed by atoms with Crippen molar-refractivity contribution >= 4 is 27.5 Å². The number of rotatable bonds is 6. The van der Waals surface area contributed by atoms with Gasteiger partial charge in [0.2, 0.25) is 5.91 Å². The van der Waals surface area contributed by atoms with Crippen molar-refractivity contribution < 1.29 is 9.53 Å². The molecule has 28 heavy (non-hydrogen) atoms. The van der Waals surface area contributed by atoms with Gasteiger partial charge in [-0.3, -0.25) is 4.79 Å². The number of piperidine rings is 1. The van der Waals surface area contributed by atoms with E-state index in [1.807, 2.05) is 35.2 Å². The molecular formula is C23H26N2O2S. The van der Waals surface area contributed by atoms with Crippen molar-refractivity contribution in [1.82, 2.24) is 9.88 Å². The number of nitrogens with zero attached hydrogens (tertiary/aromatic N) is 2. The fourth-order valence-electron chi connectivity index (χ4n) is 3.68. The van der Waals surface area contributed by atoms with Crippen LogP contribution in [-0.2, 0) is 4.79 Å². The normalized spacial score (nSPS) is 17.0. The first-order valence-electron chi connectivity index (χ1n) is 10.0. The Morgan fingerprint density at radius 1 is 1.21 bits per heavy atom. The average Bonchev–Trinajstić information content (AvgIpc) is 3.17. The average molecular weight is 395 g/mol. The Morgan fingerprint density at radius 2 is 2.04 bits per heavy atom. The van der Waals surface area contributed by atoms with Gasteiger partial charge in [0.25, 0.3) is 0 Å². The number of thiazole rings is 1. The molecular weight excluding hydrogens is 368 g/mol. The van der Waals surface area contributed by atoms with Crippen LogP contribution in [0.4, 0.5) is 0 Å². The topological polar surface area (TPSA) is 42.4 Å². The summed E-state index contributed by atoms with van der Waals surface area (Å²) in [5.41, 5.74) is 2.29. The molecule has 1 aliphatic heterocycles. The van der Waals surface area contributed by atoms with E-state index in [1.165, 1.54) is 15.3 Å². The zero-order valence-electron chi connectivity index (χ0n) is 16.3. The number of aromatic nitrogens is 1. The van der Waals surface area contributed by atoms with Gasteiger partial charge in [-0.25, -0.2) is 4.98 Å². The van der Waals surface area contributed by atoms with E-state index in [1.54, 1.807) is 11.3 Å². The van der Waals surface area contributed by atoms with Crippen LogP contribution in [0.2, 0.25) is 0 Å². The number of fused-ring (bicyclic) bond motifs is 1. The monoisotopic (exact) mass is 394 g/mol. The lowest BCUT2D eigenvalue weighted by Gasteiger charge is -2.32. The van der Waals surface area contributed by atoms with E-state index < -0.39 is 0 Å². The standard InChI is InChI=1S/C23H26N2O2S/c1-17-10-12-19(13-11-17)27-15-5-9-22(26)25-14-4-6-18(16-25)23-24-20-7-2-3-8-21(20)28-23/h2-3,7-8,10-13,18H,4-6,9,14-16H2,1H3/t18-/m0/s1. The number of carbonyl (C=O) groups is 1. The second-order valence-corrected chi connectivity index (χ2v) is 8.53. The molecule has 0 aliphatic carbocycles. The molecule has 1 fully saturated rings. The first-order valence-corrected chi connectivity index (χ1v) is 10.8. The van der Waals surface area contributed by atoms with Gasteiger partial charge in [0.1, 0.15) is 5.75 Å². The molecule has 4 rings (SSSR count). The zero-order chi connectivity index (χ0) is 19.3. The minimum absolute atomic E-state index is 0.235. The molecule has 146 valence electrons. The molecule has 0 spiro atoms. The SMILES string of the molecule is Cc1ccc(OCCCC(=O)N2CCC[C@H](c3nc4ccccc4s3)C2)cc1. The van der Waals surface area contributed by atoms with Gasteiger partial charge in [-0.2, -0.15) is 0 Å². The molecule has 0 N–H and O–H groups in total. The van der Waals surface area contributed by atoms with Gasteiger partial charge < -0.3 is 9.64 Å². The molecule has 1 aliphatic rings. The summed E-state index contributed by atoms with van der Waals surface area (Å²) in [6.07, 6.45) is 3.44. The first-order chi connectivity index (χ1) is 13.7. The van der Waals surface area contributed by atoms with Gasteiger partial charge in [0, 0.05) is 25.4 Å². The second kappa shape index (κ2) is 8.74. The fourth-order valence-corrected chi connectivity index (χ4v) is 4.77. The van der Waals surface area contributed by atoms with E-state index >= 15 is 0 Å². The predicted molar refractivity (Wildman–Crippen MR) is 114 cm³/mol. The van der Waals surface area contributed by atoms with Crippen LogP contribution in [0, 0.1) is 6.92 Å². The second-order valence-electron chi connectivity index (χ2n) is 7.46. The number of hydrogen-bond donors (Lipinski definition) is 0. The molecule has 0 radical (unpaired) electrons. The summed E-state index contributed by atoms with van der Waals surface area (Å²) >= 11 is 1.77. The highest BCUT2D eigenvalue weighted by Crippen LogP contribution is 2.33. The molecule has 4 nitrogen and oxygen atoms in total. The van der Waals surface area contributed by atoms with Crippen molar-refractivity contribution in [3.63, 3.8) is 0 Å². The largest absolute Gasteiger partial charge is 0.494 e. The van der Waals surface area contributed by atoms with Gasteiger partial charge >= 0.3 is 0 Å². The van der Waals surface area contributed by atoms with E-state index in [9.17, 15) is 4.79 Å². The quantitative estimate of drug-likeness (QED) is 0.542. The van der Waals surface area contributed by atoms with Crippen molar-refractivity contribution in [3.8, 4) is 5.75 Å². The van der Waals surface area contributed by atoms with E-state index in [0.717, 1.165) is 43.6 Å². The lowest BCUT2D eigenvalue weighted by Crippen LogP contribution is -2.39. The Morgan fingerprint density at radius 3 is 2.86 bits per heavy atom. The van der Waals surface area contributed by atoms with Crippen LogP contribution in [0.5, 0.6) is 5.75 Å². The van der Waals surface area contributed by atoms with Crippen molar-refractivity contribution in [1.29, 1.82) is 0 Å². The van der Waals surface area contributed by atoms with Crippen LogP contribution in [0.25, 0.3) is 10.2 Å². The summed E-state index contributed by atoms with van der Waals surface area (Å²) in [6, 6.07) is 16.3. The van der Waals surface area contributed by atoms with E-state index in [0.29, 0.717) is 18.9 Å². The molecule has 3 aromatic rings. The molecule has 2 heterocycles. The number of para-hydroxylation sites is 1. The van der Waals surface area contributed by atoms with Crippen LogP contribution in [0.15, 0.2) is 48.5 Å². The Kier molecular flexibility index (Phi) is 5.91. The highest BCUT2D eigenvalue weighted by atomic mass is 32.1.